The first kappa shape index (κ1) is 15.7. The molecular formula is C17H18N6O. The first-order valence-corrected chi connectivity index (χ1v) is 7.61. The van der Waals surface area contributed by atoms with Crippen LogP contribution in [0, 0.1) is 6.92 Å². The normalized spacial score (nSPS) is 10.2. The fourth-order valence-electron chi connectivity index (χ4n) is 2.00. The zero-order valence-electron chi connectivity index (χ0n) is 13.3. The number of aryl methyl sites for hydroxylation is 1. The molecule has 0 fully saturated rings. The Balaban J connectivity index is 1.56. The minimum atomic E-state index is 0.443. The van der Waals surface area contributed by atoms with E-state index in [2.05, 4.69) is 30.6 Å². The highest BCUT2D eigenvalue weighted by atomic mass is 16.5. The molecule has 0 saturated heterocycles. The Morgan fingerprint density at radius 3 is 2.54 bits per heavy atom. The molecule has 122 valence electrons. The van der Waals surface area contributed by atoms with Gasteiger partial charge in [0.05, 0.1) is 6.54 Å². The second-order valence-electron chi connectivity index (χ2n) is 5.01. The summed E-state index contributed by atoms with van der Waals surface area (Å²) in [5.74, 6) is 2.50. The Kier molecular flexibility index (Phi) is 5.14. The average molecular weight is 322 g/mol. The molecule has 2 N–H and O–H groups in total. The first-order chi connectivity index (χ1) is 11.8. The van der Waals surface area contributed by atoms with E-state index in [0.29, 0.717) is 25.0 Å². The molecule has 0 saturated carbocycles. The maximum Gasteiger partial charge on any atom is 0.231 e. The van der Waals surface area contributed by atoms with Crippen molar-refractivity contribution in [2.24, 2.45) is 0 Å². The molecule has 0 unspecified atom stereocenters. The van der Waals surface area contributed by atoms with Crippen LogP contribution < -0.4 is 15.4 Å². The molecule has 1 aromatic carbocycles. The van der Waals surface area contributed by atoms with Crippen molar-refractivity contribution in [3.63, 3.8) is 0 Å². The van der Waals surface area contributed by atoms with Crippen LogP contribution in [0.2, 0.25) is 0 Å². The molecule has 0 spiro atoms. The van der Waals surface area contributed by atoms with E-state index >= 15 is 0 Å². The van der Waals surface area contributed by atoms with E-state index in [1.54, 1.807) is 24.7 Å². The van der Waals surface area contributed by atoms with Crippen LogP contribution in [0.25, 0.3) is 0 Å². The Hall–Kier alpha value is -3.22. The maximum absolute atomic E-state index is 5.65. The molecule has 7 nitrogen and oxygen atoms in total. The van der Waals surface area contributed by atoms with Crippen molar-refractivity contribution >= 4 is 17.7 Å². The zero-order chi connectivity index (χ0) is 16.6. The molecule has 0 aliphatic rings. The van der Waals surface area contributed by atoms with E-state index in [1.165, 1.54) is 0 Å². The van der Waals surface area contributed by atoms with Gasteiger partial charge in [0.25, 0.3) is 0 Å². The third-order valence-corrected chi connectivity index (χ3v) is 3.17. The van der Waals surface area contributed by atoms with Crippen molar-refractivity contribution in [1.82, 2.24) is 19.9 Å². The number of benzene rings is 1. The Morgan fingerprint density at radius 2 is 1.75 bits per heavy atom. The van der Waals surface area contributed by atoms with E-state index in [4.69, 9.17) is 4.74 Å². The fourth-order valence-corrected chi connectivity index (χ4v) is 2.00. The van der Waals surface area contributed by atoms with Crippen LogP contribution >= 0.6 is 0 Å². The Labute approximate surface area is 140 Å². The number of ether oxygens (including phenoxy) is 1. The quantitative estimate of drug-likeness (QED) is 0.647. The highest BCUT2D eigenvalue weighted by molar-refractivity contribution is 5.50. The van der Waals surface area contributed by atoms with Gasteiger partial charge in [-0.3, -0.25) is 5.32 Å². The van der Waals surface area contributed by atoms with Crippen LogP contribution in [0.1, 0.15) is 5.56 Å². The molecule has 7 heteroatoms. The molecular weight excluding hydrogens is 304 g/mol. The van der Waals surface area contributed by atoms with Gasteiger partial charge >= 0.3 is 0 Å². The molecule has 0 amide bonds. The number of anilines is 3. The SMILES string of the molecule is Cc1cnc(Nc2ncccn2)nc1NCCOc1ccccc1. The molecule has 0 aliphatic heterocycles. The summed E-state index contributed by atoms with van der Waals surface area (Å²) in [5, 5.41) is 6.22. The summed E-state index contributed by atoms with van der Waals surface area (Å²) in [6.07, 6.45) is 5.06. The Morgan fingerprint density at radius 1 is 0.958 bits per heavy atom. The van der Waals surface area contributed by atoms with Crippen molar-refractivity contribution in [3.05, 3.63) is 60.6 Å². The number of para-hydroxylation sites is 1. The third-order valence-electron chi connectivity index (χ3n) is 3.17. The number of nitrogens with zero attached hydrogens (tertiary/aromatic N) is 4. The minimum absolute atomic E-state index is 0.443. The summed E-state index contributed by atoms with van der Waals surface area (Å²) in [4.78, 5) is 16.9. The van der Waals surface area contributed by atoms with E-state index in [0.717, 1.165) is 17.1 Å². The van der Waals surface area contributed by atoms with Gasteiger partial charge in [-0.25, -0.2) is 15.0 Å². The molecule has 24 heavy (non-hydrogen) atoms. The summed E-state index contributed by atoms with van der Waals surface area (Å²) >= 11 is 0. The summed E-state index contributed by atoms with van der Waals surface area (Å²) in [7, 11) is 0. The van der Waals surface area contributed by atoms with Crippen molar-refractivity contribution in [1.29, 1.82) is 0 Å². The number of nitrogens with one attached hydrogen (secondary N) is 2. The van der Waals surface area contributed by atoms with Crippen LogP contribution in [0.15, 0.2) is 55.0 Å². The van der Waals surface area contributed by atoms with E-state index in [-0.39, 0.29) is 0 Å². The average Bonchev–Trinajstić information content (AvgIpc) is 2.63. The first-order valence-electron chi connectivity index (χ1n) is 7.61. The lowest BCUT2D eigenvalue weighted by Crippen LogP contribution is -2.14. The summed E-state index contributed by atoms with van der Waals surface area (Å²) in [6.45, 7) is 3.12. The van der Waals surface area contributed by atoms with Gasteiger partial charge < -0.3 is 10.1 Å². The lowest BCUT2D eigenvalue weighted by molar-refractivity contribution is 0.332. The van der Waals surface area contributed by atoms with Crippen molar-refractivity contribution in [2.75, 3.05) is 23.8 Å². The van der Waals surface area contributed by atoms with Crippen LogP contribution in [-0.4, -0.2) is 33.1 Å². The number of hydrogen-bond donors (Lipinski definition) is 2. The van der Waals surface area contributed by atoms with Gasteiger partial charge in [0, 0.05) is 24.2 Å². The Bertz CT molecular complexity index is 767. The van der Waals surface area contributed by atoms with Gasteiger partial charge in [0.1, 0.15) is 18.2 Å². The molecule has 0 atom stereocenters. The predicted molar refractivity (Wildman–Crippen MR) is 92.5 cm³/mol. The predicted octanol–water partition coefficient (Wildman–Crippen LogP) is 2.81. The van der Waals surface area contributed by atoms with Gasteiger partial charge in [-0.2, -0.15) is 4.98 Å². The van der Waals surface area contributed by atoms with Gasteiger partial charge in [0.15, 0.2) is 0 Å². The van der Waals surface area contributed by atoms with E-state index in [1.807, 2.05) is 37.3 Å². The molecule has 0 aliphatic carbocycles. The monoisotopic (exact) mass is 322 g/mol. The highest BCUT2D eigenvalue weighted by Crippen LogP contribution is 2.14. The second kappa shape index (κ2) is 7.87. The standard InChI is InChI=1S/C17H18N6O/c1-13-12-21-17(23-16-19-8-5-9-20-16)22-15(13)18-10-11-24-14-6-3-2-4-7-14/h2-9,12H,10-11H2,1H3,(H2,18,19,20,21,22,23). The van der Waals surface area contributed by atoms with Gasteiger partial charge in [-0.15, -0.1) is 0 Å². The van der Waals surface area contributed by atoms with Crippen molar-refractivity contribution < 1.29 is 4.74 Å². The molecule has 2 aromatic heterocycles. The van der Waals surface area contributed by atoms with Crippen LogP contribution in [0.4, 0.5) is 17.7 Å². The van der Waals surface area contributed by atoms with Gasteiger partial charge in [-0.05, 0) is 25.1 Å². The number of rotatable bonds is 7. The summed E-state index contributed by atoms with van der Waals surface area (Å²) in [5.41, 5.74) is 0.953. The number of aromatic nitrogens is 4. The molecule has 3 rings (SSSR count). The largest absolute Gasteiger partial charge is 0.492 e. The van der Waals surface area contributed by atoms with E-state index < -0.39 is 0 Å². The molecule has 2 heterocycles. The topological polar surface area (TPSA) is 84.9 Å². The van der Waals surface area contributed by atoms with Crippen LogP contribution in [0.5, 0.6) is 5.75 Å². The van der Waals surface area contributed by atoms with E-state index in [9.17, 15) is 0 Å². The number of hydrogen-bond acceptors (Lipinski definition) is 7. The summed E-state index contributed by atoms with van der Waals surface area (Å²) < 4.78 is 5.65. The van der Waals surface area contributed by atoms with Crippen molar-refractivity contribution in [3.8, 4) is 5.75 Å². The smallest absolute Gasteiger partial charge is 0.231 e. The van der Waals surface area contributed by atoms with Crippen LogP contribution in [0.3, 0.4) is 0 Å². The van der Waals surface area contributed by atoms with Crippen molar-refractivity contribution in [2.45, 2.75) is 6.92 Å². The lowest BCUT2D eigenvalue weighted by atomic mass is 10.3. The third kappa shape index (κ3) is 4.39. The van der Waals surface area contributed by atoms with Gasteiger partial charge in [-0.1, -0.05) is 18.2 Å². The molecule has 0 radical (unpaired) electrons. The highest BCUT2D eigenvalue weighted by Gasteiger charge is 2.05. The lowest BCUT2D eigenvalue weighted by Gasteiger charge is -2.11. The second-order valence-corrected chi connectivity index (χ2v) is 5.01. The minimum Gasteiger partial charge on any atom is -0.492 e. The summed E-state index contributed by atoms with van der Waals surface area (Å²) in [6, 6.07) is 11.5. The van der Waals surface area contributed by atoms with Gasteiger partial charge in [0.2, 0.25) is 11.9 Å². The maximum atomic E-state index is 5.65. The molecule has 3 aromatic rings. The molecule has 0 bridgehead atoms. The zero-order valence-corrected chi connectivity index (χ0v) is 13.3. The van der Waals surface area contributed by atoms with Crippen LogP contribution in [-0.2, 0) is 0 Å². The fraction of sp³-hybridized carbons (Fsp3) is 0.176.